The van der Waals surface area contributed by atoms with E-state index in [4.69, 9.17) is 14.7 Å². The molecule has 3 N–H and O–H groups in total. The number of benzene rings is 1. The molecule has 0 aliphatic carbocycles. The lowest BCUT2D eigenvalue weighted by atomic mass is 10.1. The predicted octanol–water partition coefficient (Wildman–Crippen LogP) is 5.14. The van der Waals surface area contributed by atoms with Crippen molar-refractivity contribution < 1.29 is 20.1 Å². The second kappa shape index (κ2) is 11.0. The predicted molar refractivity (Wildman–Crippen MR) is 152 cm³/mol. The van der Waals surface area contributed by atoms with E-state index in [-0.39, 0.29) is 13.9 Å². The van der Waals surface area contributed by atoms with Crippen LogP contribution in [0.25, 0.3) is 22.3 Å². The van der Waals surface area contributed by atoms with Gasteiger partial charge in [0.1, 0.15) is 5.82 Å². The highest BCUT2D eigenvalue weighted by Gasteiger charge is 2.16. The number of pyridine rings is 3. The minimum atomic E-state index is -2.93. The third-order valence-electron chi connectivity index (χ3n) is 6.47. The molecule has 0 bridgehead atoms. The van der Waals surface area contributed by atoms with Crippen molar-refractivity contribution in [2.75, 3.05) is 37.5 Å². The molecule has 3 aromatic heterocycles. The standard InChI is InChI=1S/C28H31N5O4S.H2/c1-19-7-8-20(15-26(19)38(2,35)36)28(34)30-18-22-16-25-21(17-29-22)9-10-24(31-25)23-5-3-6-27(32-23)33-11-4-13-37-14-12-33;/h3,5-10,15-17,35-36H,4,11-14,18H2,1-2H3,(H,30,34);1H. The molecule has 0 saturated carbocycles. The molecule has 10 heteroatoms. The van der Waals surface area contributed by atoms with Crippen molar-refractivity contribution in [2.24, 2.45) is 0 Å². The molecule has 1 aromatic carbocycles. The fourth-order valence-electron chi connectivity index (χ4n) is 4.45. The fraction of sp³-hybridized carbons (Fsp3) is 0.286. The van der Waals surface area contributed by atoms with E-state index in [0.717, 1.165) is 59.8 Å². The van der Waals surface area contributed by atoms with Gasteiger partial charge in [-0.3, -0.25) is 18.9 Å². The molecule has 1 fully saturated rings. The molecular formula is C28H33N5O4S. The third-order valence-corrected chi connectivity index (χ3v) is 7.74. The molecule has 0 atom stereocenters. The molecule has 4 aromatic rings. The first-order valence-electron chi connectivity index (χ1n) is 12.5. The first kappa shape index (κ1) is 26.1. The van der Waals surface area contributed by atoms with Crippen molar-refractivity contribution >= 4 is 33.2 Å². The van der Waals surface area contributed by atoms with E-state index in [0.29, 0.717) is 22.8 Å². The lowest BCUT2D eigenvalue weighted by molar-refractivity contribution is 0.0950. The molecule has 0 radical (unpaired) electrons. The van der Waals surface area contributed by atoms with E-state index in [1.807, 2.05) is 36.4 Å². The quantitative estimate of drug-likeness (QED) is 0.310. The van der Waals surface area contributed by atoms with Crippen LogP contribution in [0.2, 0.25) is 0 Å². The van der Waals surface area contributed by atoms with E-state index in [1.165, 1.54) is 12.3 Å². The Balaban J connectivity index is 0.00000353. The second-order valence-corrected chi connectivity index (χ2v) is 11.5. The van der Waals surface area contributed by atoms with Crippen LogP contribution < -0.4 is 10.2 Å². The van der Waals surface area contributed by atoms with Crippen molar-refractivity contribution in [1.82, 2.24) is 20.3 Å². The van der Waals surface area contributed by atoms with Crippen LogP contribution in [0.4, 0.5) is 5.82 Å². The summed E-state index contributed by atoms with van der Waals surface area (Å²) in [7, 11) is -2.93. The normalized spacial score (nSPS) is 14.8. The lowest BCUT2D eigenvalue weighted by Gasteiger charge is -2.29. The van der Waals surface area contributed by atoms with Crippen molar-refractivity contribution in [3.63, 3.8) is 0 Å². The van der Waals surface area contributed by atoms with E-state index >= 15 is 0 Å². The van der Waals surface area contributed by atoms with Crippen LogP contribution in [-0.4, -0.2) is 62.5 Å². The van der Waals surface area contributed by atoms with Gasteiger partial charge in [0.2, 0.25) is 0 Å². The van der Waals surface area contributed by atoms with Crippen LogP contribution in [-0.2, 0) is 11.3 Å². The van der Waals surface area contributed by atoms with Gasteiger partial charge in [-0.15, -0.1) is 0 Å². The van der Waals surface area contributed by atoms with Gasteiger partial charge in [-0.2, -0.15) is 10.6 Å². The Hall–Kier alpha value is -3.57. The number of nitrogens with zero attached hydrogens (tertiary/aromatic N) is 4. The lowest BCUT2D eigenvalue weighted by Crippen LogP contribution is -2.26. The van der Waals surface area contributed by atoms with Crippen LogP contribution in [0.1, 0.15) is 29.5 Å². The number of amides is 1. The van der Waals surface area contributed by atoms with Crippen LogP contribution in [0.15, 0.2) is 65.7 Å². The number of fused-ring (bicyclic) bond motifs is 1. The first-order chi connectivity index (χ1) is 18.3. The van der Waals surface area contributed by atoms with Gasteiger partial charge in [-0.25, -0.2) is 9.97 Å². The van der Waals surface area contributed by atoms with Gasteiger partial charge in [0.15, 0.2) is 0 Å². The molecule has 1 saturated heterocycles. The molecule has 200 valence electrons. The zero-order chi connectivity index (χ0) is 26.7. The fourth-order valence-corrected chi connectivity index (χ4v) is 5.47. The number of carbonyl (C=O) groups is 1. The summed E-state index contributed by atoms with van der Waals surface area (Å²) in [5, 5.41) is 3.75. The summed E-state index contributed by atoms with van der Waals surface area (Å²) < 4.78 is 25.7. The highest BCUT2D eigenvalue weighted by molar-refractivity contribution is 8.23. The molecule has 0 unspecified atom stereocenters. The van der Waals surface area contributed by atoms with Gasteiger partial charge < -0.3 is 15.0 Å². The Morgan fingerprint density at radius 2 is 1.92 bits per heavy atom. The molecule has 1 amide bonds. The van der Waals surface area contributed by atoms with Gasteiger partial charge in [-0.05, 0) is 61.4 Å². The number of anilines is 1. The Kier molecular flexibility index (Phi) is 7.57. The van der Waals surface area contributed by atoms with Crippen LogP contribution in [0.5, 0.6) is 0 Å². The number of rotatable bonds is 6. The first-order valence-corrected chi connectivity index (χ1v) is 14.4. The van der Waals surface area contributed by atoms with Crippen molar-refractivity contribution in [3.8, 4) is 11.4 Å². The molecule has 1 aliphatic heterocycles. The SMILES string of the molecule is Cc1ccc(C(=O)NCc2cc3nc(-c4cccc(N5CCCOCC5)n4)ccc3cn2)cc1S(C)(O)O.[HH]. The summed E-state index contributed by atoms with van der Waals surface area (Å²) >= 11 is 0. The van der Waals surface area contributed by atoms with E-state index in [9.17, 15) is 13.9 Å². The summed E-state index contributed by atoms with van der Waals surface area (Å²) in [5.41, 5.74) is 4.05. The number of nitrogens with one attached hydrogen (secondary N) is 1. The average Bonchev–Trinajstić information content (AvgIpc) is 3.21. The Morgan fingerprint density at radius 3 is 2.76 bits per heavy atom. The van der Waals surface area contributed by atoms with Crippen molar-refractivity contribution in [3.05, 3.63) is 77.6 Å². The maximum Gasteiger partial charge on any atom is 0.251 e. The number of carbonyl (C=O) groups excluding carboxylic acids is 1. The molecule has 0 spiro atoms. The smallest absolute Gasteiger partial charge is 0.251 e. The van der Waals surface area contributed by atoms with Crippen molar-refractivity contribution in [2.45, 2.75) is 24.8 Å². The van der Waals surface area contributed by atoms with Crippen LogP contribution in [0, 0.1) is 6.92 Å². The van der Waals surface area contributed by atoms with Crippen LogP contribution in [0.3, 0.4) is 0 Å². The molecule has 38 heavy (non-hydrogen) atoms. The highest BCUT2D eigenvalue weighted by atomic mass is 32.3. The number of hydrogen-bond donors (Lipinski definition) is 3. The monoisotopic (exact) mass is 535 g/mol. The van der Waals surface area contributed by atoms with E-state index in [1.54, 1.807) is 25.3 Å². The second-order valence-electron chi connectivity index (χ2n) is 9.40. The Bertz CT molecular complexity index is 1470. The zero-order valence-corrected chi connectivity index (χ0v) is 22.2. The summed E-state index contributed by atoms with van der Waals surface area (Å²) in [5.74, 6) is 0.593. The van der Waals surface area contributed by atoms with Gasteiger partial charge in [0.05, 0.1) is 40.6 Å². The summed E-state index contributed by atoms with van der Waals surface area (Å²) in [6, 6.07) is 16.6. The van der Waals surface area contributed by atoms with Gasteiger partial charge in [0, 0.05) is 44.5 Å². The van der Waals surface area contributed by atoms with E-state index in [2.05, 4.69) is 15.2 Å². The zero-order valence-electron chi connectivity index (χ0n) is 21.4. The topological polar surface area (TPSA) is 121 Å². The Morgan fingerprint density at radius 1 is 1.08 bits per heavy atom. The summed E-state index contributed by atoms with van der Waals surface area (Å²) in [4.78, 5) is 29.5. The minimum Gasteiger partial charge on any atom is -0.380 e. The summed E-state index contributed by atoms with van der Waals surface area (Å²) in [6.45, 7) is 5.18. The maximum atomic E-state index is 12.8. The molecular weight excluding hydrogens is 502 g/mol. The average molecular weight is 536 g/mol. The van der Waals surface area contributed by atoms with Gasteiger partial charge >= 0.3 is 0 Å². The van der Waals surface area contributed by atoms with Gasteiger partial charge in [-0.1, -0.05) is 12.1 Å². The number of aryl methyl sites for hydroxylation is 1. The van der Waals surface area contributed by atoms with Crippen molar-refractivity contribution in [1.29, 1.82) is 0 Å². The third kappa shape index (κ3) is 5.94. The summed E-state index contributed by atoms with van der Waals surface area (Å²) in [6.07, 6.45) is 4.07. The molecule has 5 rings (SSSR count). The number of aromatic nitrogens is 3. The molecule has 1 aliphatic rings. The highest BCUT2D eigenvalue weighted by Crippen LogP contribution is 2.46. The van der Waals surface area contributed by atoms with Gasteiger partial charge in [0.25, 0.3) is 5.91 Å². The molecule has 9 nitrogen and oxygen atoms in total. The Labute approximate surface area is 224 Å². The minimum absolute atomic E-state index is 0. The van der Waals surface area contributed by atoms with E-state index < -0.39 is 10.6 Å². The number of ether oxygens (including phenoxy) is 1. The molecule has 4 heterocycles. The van der Waals surface area contributed by atoms with Crippen LogP contribution >= 0.6 is 10.6 Å². The maximum absolute atomic E-state index is 12.8. The number of hydrogen-bond acceptors (Lipinski definition) is 8. The largest absolute Gasteiger partial charge is 0.380 e.